The van der Waals surface area contributed by atoms with Crippen molar-refractivity contribution >= 4 is 55.9 Å². The molecule has 0 radical (unpaired) electrons. The fourth-order valence-corrected chi connectivity index (χ4v) is 7.77. The lowest BCUT2D eigenvalue weighted by atomic mass is 10.0. The Labute approximate surface area is 214 Å². The minimum Gasteiger partial charge on any atom is -0.378 e. The smallest absolute Gasteiger partial charge is 0.270 e. The molecule has 1 aromatic heterocycles. The quantitative estimate of drug-likeness (QED) is 0.398. The van der Waals surface area contributed by atoms with Crippen molar-refractivity contribution < 1.29 is 17.9 Å². The number of hydrogen-bond acceptors (Lipinski definition) is 9. The first-order chi connectivity index (χ1) is 16.7. The van der Waals surface area contributed by atoms with E-state index in [4.69, 9.17) is 17.0 Å². The van der Waals surface area contributed by atoms with Crippen LogP contribution in [0.5, 0.6) is 0 Å². The maximum Gasteiger partial charge on any atom is 0.270 e. The van der Waals surface area contributed by atoms with Crippen LogP contribution in [-0.2, 0) is 25.9 Å². The molecule has 3 aliphatic rings. The Bertz CT molecular complexity index is 1290. The summed E-state index contributed by atoms with van der Waals surface area (Å²) in [5.41, 5.74) is 0.877. The number of morpholine rings is 1. The molecule has 3 fully saturated rings. The van der Waals surface area contributed by atoms with Crippen LogP contribution in [0, 0.1) is 18.3 Å². The Morgan fingerprint density at radius 3 is 2.60 bits per heavy atom. The van der Waals surface area contributed by atoms with Gasteiger partial charge < -0.3 is 9.64 Å². The number of unbranched alkanes of at least 4 members (excludes halogenated alkanes) is 1. The van der Waals surface area contributed by atoms with Gasteiger partial charge in [0.05, 0.1) is 35.7 Å². The van der Waals surface area contributed by atoms with E-state index in [1.54, 1.807) is 17.6 Å². The minimum absolute atomic E-state index is 0.0436. The van der Waals surface area contributed by atoms with Gasteiger partial charge in [0.1, 0.15) is 21.8 Å². The summed E-state index contributed by atoms with van der Waals surface area (Å²) >= 11 is 6.59. The lowest BCUT2D eigenvalue weighted by molar-refractivity contribution is -0.123. The van der Waals surface area contributed by atoms with Gasteiger partial charge in [-0.1, -0.05) is 37.3 Å². The fourth-order valence-electron chi connectivity index (χ4n) is 4.69. The summed E-state index contributed by atoms with van der Waals surface area (Å²) in [5.74, 6) is 0.295. The first-order valence-electron chi connectivity index (χ1n) is 11.7. The summed E-state index contributed by atoms with van der Waals surface area (Å²) in [4.78, 5) is 30.5. The lowest BCUT2D eigenvalue weighted by Gasteiger charge is -2.33. The van der Waals surface area contributed by atoms with Crippen LogP contribution in [0.4, 0.5) is 5.82 Å². The highest BCUT2D eigenvalue weighted by Crippen LogP contribution is 2.38. The number of amides is 1. The normalized spacial score (nSPS) is 23.3. The molecule has 1 amide bonds. The van der Waals surface area contributed by atoms with E-state index < -0.39 is 15.9 Å². The van der Waals surface area contributed by atoms with Crippen molar-refractivity contribution in [2.24, 2.45) is 0 Å². The summed E-state index contributed by atoms with van der Waals surface area (Å²) in [5, 5.41) is 9.79. The highest BCUT2D eigenvalue weighted by molar-refractivity contribution is 8.26. The van der Waals surface area contributed by atoms with Crippen LogP contribution in [0.2, 0.25) is 0 Å². The first-order valence-corrected chi connectivity index (χ1v) is 14.7. The zero-order valence-electron chi connectivity index (χ0n) is 19.8. The average molecular weight is 537 g/mol. The van der Waals surface area contributed by atoms with Crippen molar-refractivity contribution in [3.63, 3.8) is 0 Å². The van der Waals surface area contributed by atoms with Gasteiger partial charge in [0.25, 0.3) is 11.5 Å². The third kappa shape index (κ3) is 5.05. The van der Waals surface area contributed by atoms with Gasteiger partial charge in [0.15, 0.2) is 9.84 Å². The maximum atomic E-state index is 13.4. The molecule has 0 aromatic carbocycles. The number of nitrogens with zero attached hydrogens (tertiary/aromatic N) is 4. The number of sulfone groups is 1. The van der Waals surface area contributed by atoms with Crippen molar-refractivity contribution in [3.8, 4) is 6.07 Å². The summed E-state index contributed by atoms with van der Waals surface area (Å²) in [6.07, 6.45) is 3.72. The topological polar surface area (TPSA) is 113 Å². The molecule has 0 N–H and O–H groups in total. The molecule has 0 bridgehead atoms. The Balaban J connectivity index is 1.84. The van der Waals surface area contributed by atoms with Gasteiger partial charge in [0, 0.05) is 25.2 Å². The van der Waals surface area contributed by atoms with Gasteiger partial charge in [-0.3, -0.25) is 19.1 Å². The van der Waals surface area contributed by atoms with Crippen LogP contribution in [0.25, 0.3) is 6.08 Å². The van der Waals surface area contributed by atoms with Crippen molar-refractivity contribution in [3.05, 3.63) is 31.9 Å². The Morgan fingerprint density at radius 1 is 1.29 bits per heavy atom. The molecular formula is C23H28N4O5S3. The van der Waals surface area contributed by atoms with E-state index in [9.17, 15) is 23.3 Å². The zero-order valence-corrected chi connectivity index (χ0v) is 22.2. The number of carbonyl (C=O) groups is 1. The molecule has 35 heavy (non-hydrogen) atoms. The molecule has 3 saturated heterocycles. The van der Waals surface area contributed by atoms with Crippen molar-refractivity contribution in [2.45, 2.75) is 45.7 Å². The highest BCUT2D eigenvalue weighted by Gasteiger charge is 2.42. The zero-order chi connectivity index (χ0) is 25.3. The van der Waals surface area contributed by atoms with Gasteiger partial charge in [-0.05, 0) is 31.4 Å². The van der Waals surface area contributed by atoms with Crippen molar-refractivity contribution in [1.29, 1.82) is 5.26 Å². The third-order valence-corrected chi connectivity index (χ3v) is 9.65. The molecule has 9 nitrogen and oxygen atoms in total. The second-order valence-corrected chi connectivity index (χ2v) is 12.8. The summed E-state index contributed by atoms with van der Waals surface area (Å²) in [6, 6.07) is 1.59. The number of aromatic nitrogens is 1. The summed E-state index contributed by atoms with van der Waals surface area (Å²) < 4.78 is 31.5. The number of hydrogen-bond donors (Lipinski definition) is 0. The fraction of sp³-hybridized carbons (Fsp3) is 0.565. The Hall–Kier alpha value is -2.20. The number of carbonyl (C=O) groups excluding carboxylic acids is 1. The molecular weight excluding hydrogens is 508 g/mol. The summed E-state index contributed by atoms with van der Waals surface area (Å²) in [7, 11) is -3.19. The van der Waals surface area contributed by atoms with Crippen molar-refractivity contribution in [2.75, 3.05) is 42.7 Å². The highest BCUT2D eigenvalue weighted by atomic mass is 32.2. The standard InChI is InChI=1S/C23H28N4O5S3/c1-3-4-6-26-20(25-7-9-32-10-8-25)17(15(2)18(13-24)21(26)28)12-19-22(29)27(23(33)34-19)16-5-11-35(30,31)14-16/h12,16H,3-11,14H2,1-2H3/b19-12-. The third-order valence-electron chi connectivity index (χ3n) is 6.56. The summed E-state index contributed by atoms with van der Waals surface area (Å²) in [6.45, 7) is 6.41. The molecule has 1 aromatic rings. The molecule has 12 heteroatoms. The van der Waals surface area contributed by atoms with E-state index in [0.717, 1.165) is 24.6 Å². The van der Waals surface area contributed by atoms with E-state index in [2.05, 4.69) is 11.0 Å². The van der Waals surface area contributed by atoms with Gasteiger partial charge in [0.2, 0.25) is 0 Å². The van der Waals surface area contributed by atoms with Crippen LogP contribution in [0.1, 0.15) is 42.9 Å². The largest absolute Gasteiger partial charge is 0.378 e. The van der Waals surface area contributed by atoms with E-state index in [0.29, 0.717) is 65.4 Å². The van der Waals surface area contributed by atoms with Gasteiger partial charge in [-0.15, -0.1) is 0 Å². The molecule has 4 rings (SSSR count). The number of pyridine rings is 1. The molecule has 1 unspecified atom stereocenters. The molecule has 0 saturated carbocycles. The van der Waals surface area contributed by atoms with E-state index in [-0.39, 0.29) is 28.5 Å². The number of anilines is 1. The van der Waals surface area contributed by atoms with E-state index in [1.165, 1.54) is 4.90 Å². The molecule has 1 atom stereocenters. The monoisotopic (exact) mass is 536 g/mol. The first kappa shape index (κ1) is 25.9. The lowest BCUT2D eigenvalue weighted by Crippen LogP contribution is -2.41. The molecule has 0 aliphatic carbocycles. The van der Waals surface area contributed by atoms with Crippen LogP contribution in [-0.4, -0.2) is 72.0 Å². The minimum atomic E-state index is -3.19. The predicted molar refractivity (Wildman–Crippen MR) is 140 cm³/mol. The Kier molecular flexibility index (Phi) is 7.71. The molecule has 0 spiro atoms. The molecule has 4 heterocycles. The number of thiocarbonyl (C=S) groups is 1. The second-order valence-electron chi connectivity index (χ2n) is 8.87. The average Bonchev–Trinajstić information content (AvgIpc) is 3.32. The van der Waals surface area contributed by atoms with Gasteiger partial charge >= 0.3 is 0 Å². The predicted octanol–water partition coefficient (Wildman–Crippen LogP) is 2.05. The van der Waals surface area contributed by atoms with Crippen LogP contribution < -0.4 is 10.5 Å². The second kappa shape index (κ2) is 10.4. The van der Waals surface area contributed by atoms with Crippen molar-refractivity contribution in [1.82, 2.24) is 9.47 Å². The van der Waals surface area contributed by atoms with Gasteiger partial charge in [-0.25, -0.2) is 8.42 Å². The van der Waals surface area contributed by atoms with E-state index >= 15 is 0 Å². The number of thioether (sulfide) groups is 1. The van der Waals surface area contributed by atoms with Crippen LogP contribution >= 0.6 is 24.0 Å². The number of rotatable bonds is 6. The SMILES string of the molecule is CCCCn1c(N2CCOCC2)c(/C=C2\SC(=S)N(C3CCS(=O)(=O)C3)C2=O)c(C)c(C#N)c1=O. The molecule has 3 aliphatic heterocycles. The van der Waals surface area contributed by atoms with Gasteiger partial charge in [-0.2, -0.15) is 5.26 Å². The molecule has 188 valence electrons. The van der Waals surface area contributed by atoms with Crippen LogP contribution in [0.3, 0.4) is 0 Å². The van der Waals surface area contributed by atoms with Crippen LogP contribution in [0.15, 0.2) is 9.70 Å². The Morgan fingerprint density at radius 2 is 2.00 bits per heavy atom. The van der Waals surface area contributed by atoms with E-state index in [1.807, 2.05) is 6.92 Å². The maximum absolute atomic E-state index is 13.4. The number of ether oxygens (including phenoxy) is 1. The number of nitriles is 1.